The van der Waals surface area contributed by atoms with Crippen LogP contribution in [0.1, 0.15) is 42.8 Å². The minimum absolute atomic E-state index is 0.0800. The van der Waals surface area contributed by atoms with Gasteiger partial charge in [-0.05, 0) is 93.1 Å². The quantitative estimate of drug-likeness (QED) is 0.154. The summed E-state index contributed by atoms with van der Waals surface area (Å²) in [6.07, 6.45) is -4.39. The van der Waals surface area contributed by atoms with Crippen LogP contribution in [0.25, 0.3) is 5.69 Å². The van der Waals surface area contributed by atoms with Gasteiger partial charge in [-0.15, -0.1) is 11.8 Å². The first-order valence-electron chi connectivity index (χ1n) is 15.4. The molecule has 0 unspecified atom stereocenters. The number of nitrogens with zero attached hydrogens (tertiary/aromatic N) is 5. The number of ether oxygens (including phenoxy) is 2. The summed E-state index contributed by atoms with van der Waals surface area (Å²) in [7, 11) is 0. The molecule has 47 heavy (non-hydrogen) atoms. The first-order chi connectivity index (χ1) is 22.4. The zero-order valence-corrected chi connectivity index (χ0v) is 27.4. The molecule has 5 rings (SSSR count). The maximum absolute atomic E-state index is 13.2. The molecule has 1 aromatic heterocycles. The lowest BCUT2D eigenvalue weighted by Crippen LogP contribution is -2.46. The van der Waals surface area contributed by atoms with Crippen molar-refractivity contribution in [3.05, 3.63) is 89.2 Å². The van der Waals surface area contributed by atoms with Crippen molar-refractivity contribution in [3.63, 3.8) is 0 Å². The Bertz CT molecular complexity index is 1640. The highest BCUT2D eigenvalue weighted by atomic mass is 32.2. The summed E-state index contributed by atoms with van der Waals surface area (Å²) in [6.45, 7) is 9.85. The average molecular weight is 670 g/mol. The van der Waals surface area contributed by atoms with Gasteiger partial charge in [0.15, 0.2) is 0 Å². The molecule has 0 atom stereocenters. The Morgan fingerprint density at radius 1 is 0.936 bits per heavy atom. The topological polar surface area (TPSA) is 93.0 Å². The number of rotatable bonds is 13. The second-order valence-corrected chi connectivity index (χ2v) is 12.6. The summed E-state index contributed by atoms with van der Waals surface area (Å²) in [6, 6.07) is 18.7. The van der Waals surface area contributed by atoms with Gasteiger partial charge in [0.1, 0.15) is 17.2 Å². The van der Waals surface area contributed by atoms with Crippen LogP contribution in [0.4, 0.5) is 18.9 Å². The Labute approximate surface area is 276 Å². The number of carboxylic acids is 1. The molecule has 0 radical (unpaired) electrons. The summed E-state index contributed by atoms with van der Waals surface area (Å²) < 4.78 is 50.9. The van der Waals surface area contributed by atoms with Gasteiger partial charge in [-0.3, -0.25) is 9.69 Å². The van der Waals surface area contributed by atoms with Crippen LogP contribution in [0, 0.1) is 6.92 Å². The van der Waals surface area contributed by atoms with E-state index in [4.69, 9.17) is 24.8 Å². The van der Waals surface area contributed by atoms with Crippen molar-refractivity contribution in [2.24, 2.45) is 0 Å². The number of thioether (sulfide) groups is 1. The third-order valence-corrected chi connectivity index (χ3v) is 8.61. The van der Waals surface area contributed by atoms with Crippen molar-refractivity contribution < 1.29 is 32.5 Å². The Kier molecular flexibility index (Phi) is 11.0. The van der Waals surface area contributed by atoms with E-state index in [0.717, 1.165) is 71.6 Å². The first kappa shape index (κ1) is 34.1. The molecule has 4 aromatic rings. The fraction of sp³-hybridized carbons (Fsp3) is 0.382. The fourth-order valence-corrected chi connectivity index (χ4v) is 6.11. The number of hydrogen-bond donors (Lipinski definition) is 1. The summed E-state index contributed by atoms with van der Waals surface area (Å²) >= 11 is 1.57. The minimum Gasteiger partial charge on any atom is -0.493 e. The summed E-state index contributed by atoms with van der Waals surface area (Å²) in [4.78, 5) is 17.8. The van der Waals surface area contributed by atoms with Crippen LogP contribution in [-0.4, -0.2) is 69.9 Å². The standard InChI is InChI=1S/C34H38F3N5O4S/c1-23(2)46-28-10-8-26(9-11-28)41-17-15-40(16-18-41)21-30-31(39-42(38-30)27-6-4-25(5-7-27)34(35,36)37)22-47-29-12-13-32(24(3)20-29)45-19-14-33(43)44/h4-13,20,23H,14-19,21-22H2,1-3H3,(H,43,44). The molecular formula is C34H38F3N5O4S. The smallest absolute Gasteiger partial charge is 0.416 e. The molecule has 1 saturated heterocycles. The van der Waals surface area contributed by atoms with Gasteiger partial charge in [0.05, 0.1) is 36.1 Å². The Balaban J connectivity index is 1.28. The zero-order valence-electron chi connectivity index (χ0n) is 26.5. The number of halogens is 3. The van der Waals surface area contributed by atoms with Crippen molar-refractivity contribution in [2.75, 3.05) is 37.7 Å². The van der Waals surface area contributed by atoms with E-state index < -0.39 is 17.7 Å². The molecule has 0 saturated carbocycles. The van der Waals surface area contributed by atoms with Crippen LogP contribution in [-0.2, 0) is 23.3 Å². The van der Waals surface area contributed by atoms with Crippen molar-refractivity contribution >= 4 is 23.4 Å². The Morgan fingerprint density at radius 3 is 2.21 bits per heavy atom. The van der Waals surface area contributed by atoms with Gasteiger partial charge in [-0.2, -0.15) is 28.2 Å². The van der Waals surface area contributed by atoms with Gasteiger partial charge >= 0.3 is 12.1 Å². The number of anilines is 1. The fourth-order valence-electron chi connectivity index (χ4n) is 5.16. The lowest BCUT2D eigenvalue weighted by molar-refractivity contribution is -0.138. The molecule has 2 heterocycles. The second-order valence-electron chi connectivity index (χ2n) is 11.6. The van der Waals surface area contributed by atoms with Gasteiger partial charge in [-0.25, -0.2) is 0 Å². The largest absolute Gasteiger partial charge is 0.493 e. The van der Waals surface area contributed by atoms with Crippen LogP contribution < -0.4 is 14.4 Å². The third-order valence-electron chi connectivity index (χ3n) is 7.60. The highest BCUT2D eigenvalue weighted by molar-refractivity contribution is 7.98. The van der Waals surface area contributed by atoms with Crippen LogP contribution in [0.2, 0.25) is 0 Å². The number of carboxylic acid groups (broad SMARTS) is 1. The summed E-state index contributed by atoms with van der Waals surface area (Å²) in [5, 5.41) is 18.3. The van der Waals surface area contributed by atoms with E-state index in [1.54, 1.807) is 11.8 Å². The third kappa shape index (κ3) is 9.41. The molecule has 1 fully saturated rings. The van der Waals surface area contributed by atoms with Gasteiger partial charge in [-0.1, -0.05) is 0 Å². The number of alkyl halides is 3. The molecule has 1 aliphatic heterocycles. The number of carbonyl (C=O) groups is 1. The number of aromatic nitrogens is 3. The number of benzene rings is 3. The molecule has 0 bridgehead atoms. The van der Waals surface area contributed by atoms with Gasteiger partial charge in [0, 0.05) is 49.1 Å². The number of aliphatic carboxylic acids is 1. The van der Waals surface area contributed by atoms with Gasteiger partial charge in [0.25, 0.3) is 0 Å². The molecule has 3 aromatic carbocycles. The van der Waals surface area contributed by atoms with E-state index in [-0.39, 0.29) is 19.1 Å². The van der Waals surface area contributed by atoms with E-state index >= 15 is 0 Å². The molecule has 0 aliphatic carbocycles. The number of aryl methyl sites for hydroxylation is 1. The van der Waals surface area contributed by atoms with Crippen LogP contribution in [0.15, 0.2) is 71.6 Å². The second kappa shape index (κ2) is 15.1. The van der Waals surface area contributed by atoms with Crippen molar-refractivity contribution in [3.8, 4) is 17.2 Å². The normalized spacial score (nSPS) is 14.1. The van der Waals surface area contributed by atoms with E-state index in [1.807, 2.05) is 51.1 Å². The van der Waals surface area contributed by atoms with E-state index in [2.05, 4.69) is 21.9 Å². The average Bonchev–Trinajstić information content (AvgIpc) is 3.43. The highest BCUT2D eigenvalue weighted by Crippen LogP contribution is 2.31. The highest BCUT2D eigenvalue weighted by Gasteiger charge is 2.30. The van der Waals surface area contributed by atoms with Crippen LogP contribution >= 0.6 is 11.8 Å². The number of piperazine rings is 1. The van der Waals surface area contributed by atoms with E-state index in [0.29, 0.717) is 23.7 Å². The predicted octanol–water partition coefficient (Wildman–Crippen LogP) is 6.85. The molecule has 0 amide bonds. The van der Waals surface area contributed by atoms with Crippen molar-refractivity contribution in [1.29, 1.82) is 0 Å². The molecule has 250 valence electrons. The van der Waals surface area contributed by atoms with Crippen LogP contribution in [0.5, 0.6) is 11.5 Å². The first-order valence-corrected chi connectivity index (χ1v) is 16.4. The minimum atomic E-state index is -4.43. The van der Waals surface area contributed by atoms with Crippen LogP contribution in [0.3, 0.4) is 0 Å². The van der Waals surface area contributed by atoms with Crippen molar-refractivity contribution in [1.82, 2.24) is 19.9 Å². The predicted molar refractivity (Wildman–Crippen MR) is 175 cm³/mol. The molecule has 0 spiro atoms. The van der Waals surface area contributed by atoms with E-state index in [1.165, 1.54) is 16.9 Å². The summed E-state index contributed by atoms with van der Waals surface area (Å²) in [5.74, 6) is 1.06. The molecule has 9 nitrogen and oxygen atoms in total. The van der Waals surface area contributed by atoms with Gasteiger partial charge < -0.3 is 19.5 Å². The Hall–Kier alpha value is -4.23. The maximum atomic E-state index is 13.2. The SMILES string of the molecule is Cc1cc(SCc2nn(-c3ccc(C(F)(F)F)cc3)nc2CN2CCN(c3ccc(OC(C)C)cc3)CC2)ccc1OCCC(=O)O. The summed E-state index contributed by atoms with van der Waals surface area (Å²) in [5.41, 5.74) is 3.26. The molecular weight excluding hydrogens is 631 g/mol. The molecule has 1 aliphatic rings. The zero-order chi connectivity index (χ0) is 33.6. The molecule has 13 heteroatoms. The number of hydrogen-bond acceptors (Lipinski definition) is 8. The molecule has 1 N–H and O–H groups in total. The van der Waals surface area contributed by atoms with Gasteiger partial charge in [0.2, 0.25) is 0 Å². The lowest BCUT2D eigenvalue weighted by Gasteiger charge is -2.35. The van der Waals surface area contributed by atoms with Crippen molar-refractivity contribution in [2.45, 2.75) is 56.7 Å². The maximum Gasteiger partial charge on any atom is 0.416 e. The lowest BCUT2D eigenvalue weighted by atomic mass is 10.2. The Morgan fingerprint density at radius 2 is 1.60 bits per heavy atom. The monoisotopic (exact) mass is 669 g/mol. The van der Waals surface area contributed by atoms with E-state index in [9.17, 15) is 18.0 Å².